The zero-order valence-electron chi connectivity index (χ0n) is 14.7. The van der Waals surface area contributed by atoms with Gasteiger partial charge in [0.2, 0.25) is 5.91 Å². The van der Waals surface area contributed by atoms with Gasteiger partial charge in [-0.1, -0.05) is 47.5 Å². The number of hydrogen-bond acceptors (Lipinski definition) is 2. The number of para-hydroxylation sites is 1. The van der Waals surface area contributed by atoms with Crippen molar-refractivity contribution in [2.24, 2.45) is 0 Å². The fourth-order valence-electron chi connectivity index (χ4n) is 3.09. The Morgan fingerprint density at radius 3 is 2.38 bits per heavy atom. The van der Waals surface area contributed by atoms with Gasteiger partial charge in [0.1, 0.15) is 0 Å². The van der Waals surface area contributed by atoms with Crippen molar-refractivity contribution in [1.29, 1.82) is 0 Å². The molecule has 2 N–H and O–H groups in total. The molecule has 0 bridgehead atoms. The lowest BCUT2D eigenvalue weighted by Gasteiger charge is -2.25. The third-order valence-electron chi connectivity index (χ3n) is 4.36. The Hall–Kier alpha value is -2.01. The van der Waals surface area contributed by atoms with Crippen molar-refractivity contribution >= 4 is 40.0 Å². The first-order valence-corrected chi connectivity index (χ1v) is 9.15. The van der Waals surface area contributed by atoms with Gasteiger partial charge in [-0.05, 0) is 36.2 Å². The quantitative estimate of drug-likeness (QED) is 0.652. The molecular weight excluding hydrogens is 369 g/mol. The second kappa shape index (κ2) is 8.12. The van der Waals surface area contributed by atoms with Crippen LogP contribution in [0.2, 0.25) is 10.0 Å². The fourth-order valence-corrected chi connectivity index (χ4v) is 3.52. The van der Waals surface area contributed by atoms with Crippen LogP contribution in [0.3, 0.4) is 0 Å². The number of H-pyrrole nitrogens is 1. The SMILES string of the molecule is CN(C)C(=O)C1Cc2c([nH]c3ccccc23)CN1.Clc1cccc(Cl)c1. The number of aromatic nitrogens is 1. The second-order valence-electron chi connectivity index (χ2n) is 6.44. The number of halogens is 2. The minimum atomic E-state index is -0.105. The van der Waals surface area contributed by atoms with Gasteiger partial charge in [0, 0.05) is 47.3 Å². The molecule has 1 aliphatic heterocycles. The van der Waals surface area contributed by atoms with E-state index in [1.54, 1.807) is 37.2 Å². The lowest BCUT2D eigenvalue weighted by molar-refractivity contribution is -0.131. The molecule has 1 aliphatic rings. The van der Waals surface area contributed by atoms with Crippen LogP contribution in [-0.2, 0) is 17.8 Å². The molecule has 2 heterocycles. The molecule has 3 aromatic rings. The molecule has 1 aromatic heterocycles. The Morgan fingerprint density at radius 1 is 1.08 bits per heavy atom. The van der Waals surface area contributed by atoms with Crippen molar-refractivity contribution < 1.29 is 4.79 Å². The molecule has 1 unspecified atom stereocenters. The first-order valence-electron chi connectivity index (χ1n) is 8.40. The van der Waals surface area contributed by atoms with Gasteiger partial charge >= 0.3 is 0 Å². The second-order valence-corrected chi connectivity index (χ2v) is 7.31. The normalized spacial score (nSPS) is 15.8. The molecule has 0 radical (unpaired) electrons. The Labute approximate surface area is 163 Å². The molecule has 1 amide bonds. The number of carbonyl (C=O) groups excluding carboxylic acids is 1. The van der Waals surface area contributed by atoms with Gasteiger partial charge in [-0.3, -0.25) is 10.1 Å². The Morgan fingerprint density at radius 2 is 1.77 bits per heavy atom. The zero-order chi connectivity index (χ0) is 18.7. The zero-order valence-corrected chi connectivity index (χ0v) is 16.2. The number of aromatic amines is 1. The fraction of sp³-hybridized carbons (Fsp3) is 0.250. The number of nitrogens with zero attached hydrogens (tertiary/aromatic N) is 1. The highest BCUT2D eigenvalue weighted by molar-refractivity contribution is 6.34. The maximum atomic E-state index is 12.0. The number of hydrogen-bond donors (Lipinski definition) is 2. The monoisotopic (exact) mass is 389 g/mol. The lowest BCUT2D eigenvalue weighted by Crippen LogP contribution is -2.47. The van der Waals surface area contributed by atoms with E-state index in [0.717, 1.165) is 18.5 Å². The average molecular weight is 390 g/mol. The summed E-state index contributed by atoms with van der Waals surface area (Å²) in [6.07, 6.45) is 0.760. The predicted molar refractivity (Wildman–Crippen MR) is 108 cm³/mol. The number of likely N-dealkylation sites (N-methyl/N-ethyl adjacent to an activating group) is 1. The topological polar surface area (TPSA) is 48.1 Å². The van der Waals surface area contributed by atoms with Crippen molar-refractivity contribution in [3.05, 3.63) is 69.8 Å². The van der Waals surface area contributed by atoms with Crippen LogP contribution in [0.1, 0.15) is 11.3 Å². The molecule has 4 rings (SSSR count). The van der Waals surface area contributed by atoms with Crippen LogP contribution in [0, 0.1) is 0 Å². The molecule has 0 aliphatic carbocycles. The number of fused-ring (bicyclic) bond motifs is 3. The molecular formula is C20H21Cl2N3O. The molecule has 4 nitrogen and oxygen atoms in total. The summed E-state index contributed by atoms with van der Waals surface area (Å²) in [5.74, 6) is 0.144. The van der Waals surface area contributed by atoms with Crippen molar-refractivity contribution in [2.45, 2.75) is 19.0 Å². The van der Waals surface area contributed by atoms with E-state index in [-0.39, 0.29) is 11.9 Å². The van der Waals surface area contributed by atoms with Crippen LogP contribution in [-0.4, -0.2) is 35.9 Å². The van der Waals surface area contributed by atoms with Gasteiger partial charge in [0.15, 0.2) is 0 Å². The van der Waals surface area contributed by atoms with Gasteiger partial charge < -0.3 is 9.88 Å². The Kier molecular flexibility index (Phi) is 5.87. The van der Waals surface area contributed by atoms with Crippen LogP contribution in [0.5, 0.6) is 0 Å². The Balaban J connectivity index is 0.000000206. The number of carbonyl (C=O) groups is 1. The van der Waals surface area contributed by atoms with Crippen molar-refractivity contribution in [3.8, 4) is 0 Å². The van der Waals surface area contributed by atoms with Crippen LogP contribution < -0.4 is 5.32 Å². The summed E-state index contributed by atoms with van der Waals surface area (Å²) in [5.41, 5.74) is 3.64. The van der Waals surface area contributed by atoms with Crippen LogP contribution in [0.15, 0.2) is 48.5 Å². The molecule has 2 aromatic carbocycles. The first kappa shape index (κ1) is 18.8. The van der Waals surface area contributed by atoms with E-state index in [1.165, 1.54) is 16.6 Å². The molecule has 1 atom stereocenters. The number of rotatable bonds is 1. The number of benzene rings is 2. The van der Waals surface area contributed by atoms with E-state index in [4.69, 9.17) is 23.2 Å². The summed E-state index contributed by atoms with van der Waals surface area (Å²) >= 11 is 11.1. The third-order valence-corrected chi connectivity index (χ3v) is 4.83. The van der Waals surface area contributed by atoms with E-state index in [1.807, 2.05) is 18.2 Å². The molecule has 0 spiro atoms. The molecule has 0 fully saturated rings. The minimum absolute atomic E-state index is 0.105. The molecule has 6 heteroatoms. The highest BCUT2D eigenvalue weighted by Crippen LogP contribution is 2.26. The molecule has 136 valence electrons. The van der Waals surface area contributed by atoms with Gasteiger partial charge in [0.25, 0.3) is 0 Å². The molecule has 0 saturated heterocycles. The summed E-state index contributed by atoms with van der Waals surface area (Å²) in [6.45, 7) is 0.730. The van der Waals surface area contributed by atoms with Crippen molar-refractivity contribution in [1.82, 2.24) is 15.2 Å². The number of nitrogens with one attached hydrogen (secondary N) is 2. The van der Waals surface area contributed by atoms with Gasteiger partial charge in [-0.25, -0.2) is 0 Å². The Bertz CT molecular complexity index is 903. The predicted octanol–water partition coefficient (Wildman–Crippen LogP) is 4.26. The lowest BCUT2D eigenvalue weighted by atomic mass is 9.98. The summed E-state index contributed by atoms with van der Waals surface area (Å²) < 4.78 is 0. The highest BCUT2D eigenvalue weighted by atomic mass is 35.5. The third kappa shape index (κ3) is 4.21. The van der Waals surface area contributed by atoms with Crippen LogP contribution >= 0.6 is 23.2 Å². The summed E-state index contributed by atoms with van der Waals surface area (Å²) in [5, 5.41) is 5.89. The first-order chi connectivity index (χ1) is 12.5. The van der Waals surface area contributed by atoms with E-state index in [0.29, 0.717) is 10.0 Å². The van der Waals surface area contributed by atoms with Crippen molar-refractivity contribution in [3.63, 3.8) is 0 Å². The van der Waals surface area contributed by atoms with Gasteiger partial charge in [-0.15, -0.1) is 0 Å². The average Bonchev–Trinajstić information content (AvgIpc) is 2.99. The van der Waals surface area contributed by atoms with Crippen LogP contribution in [0.25, 0.3) is 10.9 Å². The highest BCUT2D eigenvalue weighted by Gasteiger charge is 2.27. The summed E-state index contributed by atoms with van der Waals surface area (Å²) in [4.78, 5) is 17.1. The van der Waals surface area contributed by atoms with Crippen molar-refractivity contribution in [2.75, 3.05) is 14.1 Å². The largest absolute Gasteiger partial charge is 0.357 e. The molecule has 26 heavy (non-hydrogen) atoms. The smallest absolute Gasteiger partial charge is 0.239 e. The summed E-state index contributed by atoms with van der Waals surface area (Å²) in [7, 11) is 3.60. The summed E-state index contributed by atoms with van der Waals surface area (Å²) in [6, 6.07) is 15.2. The van der Waals surface area contributed by atoms with Gasteiger partial charge in [-0.2, -0.15) is 0 Å². The maximum absolute atomic E-state index is 12.0. The van der Waals surface area contributed by atoms with Gasteiger partial charge in [0.05, 0.1) is 6.04 Å². The van der Waals surface area contributed by atoms with E-state index in [9.17, 15) is 4.79 Å². The van der Waals surface area contributed by atoms with E-state index < -0.39 is 0 Å². The number of amides is 1. The van der Waals surface area contributed by atoms with E-state index >= 15 is 0 Å². The maximum Gasteiger partial charge on any atom is 0.239 e. The van der Waals surface area contributed by atoms with E-state index in [2.05, 4.69) is 22.4 Å². The molecule has 0 saturated carbocycles. The minimum Gasteiger partial charge on any atom is -0.357 e. The standard InChI is InChI=1S/C14H17N3O.C6H4Cl2/c1-17(2)14(18)12-7-10-9-5-3-4-6-11(9)16-13(10)8-15-12;7-5-2-1-3-6(8)4-5/h3-6,12,15-16H,7-8H2,1-2H3;1-4H. The van der Waals surface area contributed by atoms with Crippen LogP contribution in [0.4, 0.5) is 0 Å².